The summed E-state index contributed by atoms with van der Waals surface area (Å²) in [5.74, 6) is 0.401. The van der Waals surface area contributed by atoms with Crippen LogP contribution < -0.4 is 5.32 Å². The van der Waals surface area contributed by atoms with Crippen molar-refractivity contribution in [2.24, 2.45) is 11.3 Å². The first-order chi connectivity index (χ1) is 10.9. The molecule has 23 heavy (non-hydrogen) atoms. The Bertz CT molecular complexity index is 640. The summed E-state index contributed by atoms with van der Waals surface area (Å²) < 4.78 is 1.01. The summed E-state index contributed by atoms with van der Waals surface area (Å²) in [5, 5.41) is 2.94. The Morgan fingerprint density at radius 1 is 1.35 bits per heavy atom. The first kappa shape index (κ1) is 16.5. The smallest absolute Gasteiger partial charge is 0.240 e. The lowest BCUT2D eigenvalue weighted by Crippen LogP contribution is -2.46. The Kier molecular flexibility index (Phi) is 4.50. The molecule has 1 saturated carbocycles. The second-order valence-electron chi connectivity index (χ2n) is 7.00. The van der Waals surface area contributed by atoms with Gasteiger partial charge in [0.25, 0.3) is 0 Å². The molecule has 0 radical (unpaired) electrons. The number of amides is 2. The maximum atomic E-state index is 12.8. The molecule has 1 saturated heterocycles. The van der Waals surface area contributed by atoms with Crippen LogP contribution >= 0.6 is 15.9 Å². The van der Waals surface area contributed by atoms with Gasteiger partial charge in [0.2, 0.25) is 11.8 Å². The third kappa shape index (κ3) is 3.30. The zero-order valence-corrected chi connectivity index (χ0v) is 15.3. The van der Waals surface area contributed by atoms with Gasteiger partial charge in [-0.3, -0.25) is 9.59 Å². The summed E-state index contributed by atoms with van der Waals surface area (Å²) in [7, 11) is 0. The lowest BCUT2D eigenvalue weighted by Gasteiger charge is -2.33. The standard InChI is InChI=1S/C18H23BrN2O2/c1-12-4-3-9-21(11-12)17(23)18(7-8-18)16(22)20-14-5-6-15(19)13(2)10-14/h5-6,10,12H,3-4,7-9,11H2,1-2H3,(H,20,22). The number of likely N-dealkylation sites (tertiary alicyclic amines) is 1. The fourth-order valence-corrected chi connectivity index (χ4v) is 3.56. The molecule has 1 N–H and O–H groups in total. The Morgan fingerprint density at radius 3 is 2.70 bits per heavy atom. The van der Waals surface area contributed by atoms with Crippen molar-refractivity contribution in [3.05, 3.63) is 28.2 Å². The number of anilines is 1. The van der Waals surface area contributed by atoms with Crippen LogP contribution in [0, 0.1) is 18.3 Å². The van der Waals surface area contributed by atoms with Crippen LogP contribution in [0.25, 0.3) is 0 Å². The average molecular weight is 379 g/mol. The molecule has 2 aliphatic rings. The molecular formula is C18H23BrN2O2. The maximum Gasteiger partial charge on any atom is 0.240 e. The third-order valence-electron chi connectivity index (χ3n) is 4.95. The largest absolute Gasteiger partial charge is 0.342 e. The van der Waals surface area contributed by atoms with E-state index >= 15 is 0 Å². The number of carbonyl (C=O) groups is 2. The van der Waals surface area contributed by atoms with Crippen LogP contribution in [0.3, 0.4) is 0 Å². The van der Waals surface area contributed by atoms with Crippen molar-refractivity contribution < 1.29 is 9.59 Å². The van der Waals surface area contributed by atoms with Crippen LogP contribution in [-0.4, -0.2) is 29.8 Å². The van der Waals surface area contributed by atoms with Crippen LogP contribution in [0.1, 0.15) is 38.2 Å². The molecule has 2 amide bonds. The van der Waals surface area contributed by atoms with Crippen molar-refractivity contribution in [1.82, 2.24) is 4.90 Å². The number of rotatable bonds is 3. The third-order valence-corrected chi connectivity index (χ3v) is 5.84. The molecule has 1 aliphatic heterocycles. The molecule has 1 unspecified atom stereocenters. The van der Waals surface area contributed by atoms with Crippen molar-refractivity contribution in [3.8, 4) is 0 Å². The molecule has 3 rings (SSSR count). The highest BCUT2D eigenvalue weighted by Crippen LogP contribution is 2.48. The molecule has 0 aromatic heterocycles. The zero-order chi connectivity index (χ0) is 16.6. The van der Waals surface area contributed by atoms with Gasteiger partial charge < -0.3 is 10.2 Å². The average Bonchev–Trinajstić information content (AvgIpc) is 3.32. The molecule has 1 heterocycles. The summed E-state index contributed by atoms with van der Waals surface area (Å²) in [6, 6.07) is 5.70. The summed E-state index contributed by atoms with van der Waals surface area (Å²) in [5.41, 5.74) is 0.989. The van der Waals surface area contributed by atoms with Crippen molar-refractivity contribution >= 4 is 33.4 Å². The number of benzene rings is 1. The van der Waals surface area contributed by atoms with Gasteiger partial charge in [0, 0.05) is 23.2 Å². The van der Waals surface area contributed by atoms with Gasteiger partial charge in [-0.15, -0.1) is 0 Å². The Labute approximate surface area is 145 Å². The van der Waals surface area contributed by atoms with Crippen molar-refractivity contribution in [2.45, 2.75) is 39.5 Å². The molecule has 0 spiro atoms. The highest BCUT2D eigenvalue weighted by Gasteiger charge is 2.58. The number of hydrogen-bond donors (Lipinski definition) is 1. The molecule has 124 valence electrons. The monoisotopic (exact) mass is 378 g/mol. The van der Waals surface area contributed by atoms with Crippen LogP contribution in [0.2, 0.25) is 0 Å². The van der Waals surface area contributed by atoms with Gasteiger partial charge in [0.05, 0.1) is 0 Å². The first-order valence-corrected chi connectivity index (χ1v) is 9.09. The van der Waals surface area contributed by atoms with E-state index in [1.54, 1.807) is 0 Å². The number of hydrogen-bond acceptors (Lipinski definition) is 2. The molecule has 4 nitrogen and oxygen atoms in total. The topological polar surface area (TPSA) is 49.4 Å². The van der Waals surface area contributed by atoms with E-state index in [0.717, 1.165) is 35.2 Å². The van der Waals surface area contributed by atoms with Crippen LogP contribution in [0.15, 0.2) is 22.7 Å². The van der Waals surface area contributed by atoms with Crippen molar-refractivity contribution in [2.75, 3.05) is 18.4 Å². The minimum absolute atomic E-state index is 0.0235. The quantitative estimate of drug-likeness (QED) is 0.814. The van der Waals surface area contributed by atoms with Crippen LogP contribution in [0.4, 0.5) is 5.69 Å². The van der Waals surface area contributed by atoms with Gasteiger partial charge >= 0.3 is 0 Å². The minimum Gasteiger partial charge on any atom is -0.342 e. The van der Waals surface area contributed by atoms with E-state index in [1.165, 1.54) is 6.42 Å². The number of piperidine rings is 1. The molecule has 0 bridgehead atoms. The number of nitrogens with zero attached hydrogens (tertiary/aromatic N) is 1. The van der Waals surface area contributed by atoms with Gasteiger partial charge in [-0.05, 0) is 62.3 Å². The Hall–Kier alpha value is -1.36. The number of nitrogens with one attached hydrogen (secondary N) is 1. The fraction of sp³-hybridized carbons (Fsp3) is 0.556. The van der Waals surface area contributed by atoms with Gasteiger partial charge in [0.1, 0.15) is 5.41 Å². The Morgan fingerprint density at radius 2 is 2.09 bits per heavy atom. The molecule has 2 fully saturated rings. The fourth-order valence-electron chi connectivity index (χ4n) is 3.31. The lowest BCUT2D eigenvalue weighted by molar-refractivity contribution is -0.143. The van der Waals surface area contributed by atoms with E-state index in [2.05, 4.69) is 28.2 Å². The first-order valence-electron chi connectivity index (χ1n) is 8.29. The number of aryl methyl sites for hydroxylation is 1. The number of carbonyl (C=O) groups excluding carboxylic acids is 2. The van der Waals surface area contributed by atoms with Crippen LogP contribution in [-0.2, 0) is 9.59 Å². The summed E-state index contributed by atoms with van der Waals surface area (Å²) in [6.45, 7) is 5.72. The van der Waals surface area contributed by atoms with Crippen molar-refractivity contribution in [1.29, 1.82) is 0 Å². The zero-order valence-electron chi connectivity index (χ0n) is 13.7. The van der Waals surface area contributed by atoms with E-state index in [1.807, 2.05) is 30.0 Å². The van der Waals surface area contributed by atoms with Gasteiger partial charge in [-0.2, -0.15) is 0 Å². The molecule has 1 aliphatic carbocycles. The SMILES string of the molecule is Cc1cc(NC(=O)C2(C(=O)N3CCCC(C)C3)CC2)ccc1Br. The predicted molar refractivity (Wildman–Crippen MR) is 94.2 cm³/mol. The Balaban J connectivity index is 1.70. The van der Waals surface area contributed by atoms with E-state index in [4.69, 9.17) is 0 Å². The maximum absolute atomic E-state index is 12.8. The second kappa shape index (κ2) is 6.27. The second-order valence-corrected chi connectivity index (χ2v) is 7.85. The van der Waals surface area contributed by atoms with Gasteiger partial charge in [-0.1, -0.05) is 22.9 Å². The van der Waals surface area contributed by atoms with Crippen LogP contribution in [0.5, 0.6) is 0 Å². The molecule has 1 atom stereocenters. The van der Waals surface area contributed by atoms with E-state index < -0.39 is 5.41 Å². The molecular weight excluding hydrogens is 356 g/mol. The lowest BCUT2D eigenvalue weighted by atomic mass is 9.96. The molecule has 1 aromatic carbocycles. The van der Waals surface area contributed by atoms with E-state index in [-0.39, 0.29) is 11.8 Å². The van der Waals surface area contributed by atoms with Gasteiger partial charge in [0.15, 0.2) is 0 Å². The summed E-state index contributed by atoms with van der Waals surface area (Å²) in [6.07, 6.45) is 3.54. The summed E-state index contributed by atoms with van der Waals surface area (Å²) in [4.78, 5) is 27.4. The molecule has 5 heteroatoms. The highest BCUT2D eigenvalue weighted by molar-refractivity contribution is 9.10. The van der Waals surface area contributed by atoms with Crippen molar-refractivity contribution in [3.63, 3.8) is 0 Å². The van der Waals surface area contributed by atoms with Gasteiger partial charge in [-0.25, -0.2) is 0 Å². The molecule has 1 aromatic rings. The predicted octanol–water partition coefficient (Wildman–Crippen LogP) is 3.73. The highest BCUT2D eigenvalue weighted by atomic mass is 79.9. The number of halogens is 1. The summed E-state index contributed by atoms with van der Waals surface area (Å²) >= 11 is 3.45. The van der Waals surface area contributed by atoms with E-state index in [0.29, 0.717) is 18.8 Å². The van der Waals surface area contributed by atoms with E-state index in [9.17, 15) is 9.59 Å². The minimum atomic E-state index is -0.821. The normalized spacial score (nSPS) is 22.6.